The number of piperidine rings is 1. The van der Waals surface area contributed by atoms with E-state index in [1.54, 1.807) is 12.1 Å². The minimum absolute atomic E-state index is 0.0371. The number of sulfonamides is 1. The van der Waals surface area contributed by atoms with Gasteiger partial charge in [0.2, 0.25) is 10.0 Å². The molecule has 1 aliphatic heterocycles. The summed E-state index contributed by atoms with van der Waals surface area (Å²) < 4.78 is 27.1. The summed E-state index contributed by atoms with van der Waals surface area (Å²) in [7, 11) is -3.63. The molecule has 0 aromatic heterocycles. The quantitative estimate of drug-likeness (QED) is 0.895. The van der Waals surface area contributed by atoms with E-state index in [1.165, 1.54) is 16.4 Å². The Kier molecular flexibility index (Phi) is 4.51. The van der Waals surface area contributed by atoms with Crippen LogP contribution < -0.4 is 0 Å². The molecular weight excluding hydrogens is 346 g/mol. The molecule has 2 atom stereocenters. The molecule has 5 nitrogen and oxygen atoms in total. The summed E-state index contributed by atoms with van der Waals surface area (Å²) in [6, 6.07) is 6.37. The number of nitrogens with zero attached hydrogens (tertiary/aromatic N) is 1. The van der Waals surface area contributed by atoms with E-state index in [9.17, 15) is 13.2 Å². The van der Waals surface area contributed by atoms with Gasteiger partial charge in [0.05, 0.1) is 10.8 Å². The number of carboxylic acid groups (broad SMARTS) is 1. The van der Waals surface area contributed by atoms with Crippen molar-refractivity contribution in [3.8, 4) is 0 Å². The predicted octanol–water partition coefficient (Wildman–Crippen LogP) is 2.18. The van der Waals surface area contributed by atoms with Crippen molar-refractivity contribution >= 4 is 31.9 Å². The van der Waals surface area contributed by atoms with Gasteiger partial charge >= 0.3 is 5.97 Å². The van der Waals surface area contributed by atoms with Crippen molar-refractivity contribution in [3.63, 3.8) is 0 Å². The predicted molar refractivity (Wildman–Crippen MR) is 77.8 cm³/mol. The van der Waals surface area contributed by atoms with Crippen molar-refractivity contribution in [2.75, 3.05) is 13.1 Å². The van der Waals surface area contributed by atoms with Gasteiger partial charge in [0, 0.05) is 17.6 Å². The summed E-state index contributed by atoms with van der Waals surface area (Å²) in [5, 5.41) is 9.12. The summed E-state index contributed by atoms with van der Waals surface area (Å²) in [6.07, 6.45) is 0.516. The van der Waals surface area contributed by atoms with Crippen molar-refractivity contribution in [2.45, 2.75) is 18.2 Å². The van der Waals surface area contributed by atoms with Crippen molar-refractivity contribution < 1.29 is 18.3 Å². The number of rotatable bonds is 3. The van der Waals surface area contributed by atoms with Crippen LogP contribution in [0.3, 0.4) is 0 Å². The van der Waals surface area contributed by atoms with E-state index in [0.29, 0.717) is 13.0 Å². The van der Waals surface area contributed by atoms with E-state index < -0.39 is 21.9 Å². The van der Waals surface area contributed by atoms with Gasteiger partial charge in [-0.05, 0) is 36.6 Å². The van der Waals surface area contributed by atoms with E-state index in [0.717, 1.165) is 4.47 Å². The molecule has 1 saturated heterocycles. The first-order valence-electron chi connectivity index (χ1n) is 6.29. The van der Waals surface area contributed by atoms with Crippen LogP contribution in [0.4, 0.5) is 0 Å². The number of halogens is 1. The maximum Gasteiger partial charge on any atom is 0.307 e. The zero-order valence-electron chi connectivity index (χ0n) is 11.0. The smallest absolute Gasteiger partial charge is 0.307 e. The normalized spacial score (nSPS) is 24.5. The Hall–Kier alpha value is -0.920. The van der Waals surface area contributed by atoms with Gasteiger partial charge in [-0.1, -0.05) is 22.9 Å². The van der Waals surface area contributed by atoms with E-state index in [1.807, 2.05) is 6.92 Å². The van der Waals surface area contributed by atoms with Crippen LogP contribution in [0.1, 0.15) is 13.3 Å². The van der Waals surface area contributed by atoms with Gasteiger partial charge in [-0.3, -0.25) is 4.79 Å². The third kappa shape index (κ3) is 3.21. The number of hydrogen-bond donors (Lipinski definition) is 1. The maximum atomic E-state index is 12.5. The second-order valence-corrected chi connectivity index (χ2v) is 8.01. The van der Waals surface area contributed by atoms with Crippen LogP contribution in [0.25, 0.3) is 0 Å². The maximum absolute atomic E-state index is 12.5. The fourth-order valence-corrected chi connectivity index (χ4v) is 4.30. The molecule has 1 heterocycles. The number of benzene rings is 1. The molecule has 1 aromatic rings. The summed E-state index contributed by atoms with van der Waals surface area (Å²) >= 11 is 3.26. The van der Waals surface area contributed by atoms with Crippen LogP contribution in [0.5, 0.6) is 0 Å². The van der Waals surface area contributed by atoms with Crippen molar-refractivity contribution in [1.82, 2.24) is 4.31 Å². The van der Waals surface area contributed by atoms with E-state index in [2.05, 4.69) is 15.9 Å². The van der Waals surface area contributed by atoms with E-state index in [4.69, 9.17) is 5.11 Å². The molecule has 1 aliphatic rings. The van der Waals surface area contributed by atoms with Crippen LogP contribution in [-0.4, -0.2) is 36.9 Å². The third-order valence-corrected chi connectivity index (χ3v) is 5.80. The van der Waals surface area contributed by atoms with Crippen LogP contribution in [0.15, 0.2) is 33.6 Å². The van der Waals surface area contributed by atoms with Gasteiger partial charge in [0.1, 0.15) is 0 Å². The fraction of sp³-hybridized carbons (Fsp3) is 0.462. The molecule has 0 aliphatic carbocycles. The minimum Gasteiger partial charge on any atom is -0.481 e. The Morgan fingerprint density at radius 3 is 2.45 bits per heavy atom. The Morgan fingerprint density at radius 2 is 1.90 bits per heavy atom. The lowest BCUT2D eigenvalue weighted by molar-refractivity contribution is -0.143. The van der Waals surface area contributed by atoms with Gasteiger partial charge in [0.15, 0.2) is 0 Å². The summed E-state index contributed by atoms with van der Waals surface area (Å²) in [5.41, 5.74) is 0. The van der Waals surface area contributed by atoms with Gasteiger partial charge in [-0.2, -0.15) is 4.31 Å². The first-order chi connectivity index (χ1) is 9.30. The molecule has 110 valence electrons. The van der Waals surface area contributed by atoms with Gasteiger partial charge in [-0.15, -0.1) is 0 Å². The van der Waals surface area contributed by atoms with Crippen LogP contribution >= 0.6 is 15.9 Å². The molecule has 0 saturated carbocycles. The molecule has 0 radical (unpaired) electrons. The number of carbonyl (C=O) groups is 1. The molecule has 20 heavy (non-hydrogen) atoms. The van der Waals surface area contributed by atoms with Gasteiger partial charge in [0.25, 0.3) is 0 Å². The molecule has 1 fully saturated rings. The minimum atomic E-state index is -3.63. The lowest BCUT2D eigenvalue weighted by atomic mass is 9.92. The Balaban J connectivity index is 2.28. The molecule has 0 amide bonds. The average molecular weight is 362 g/mol. The van der Waals surface area contributed by atoms with Crippen LogP contribution in [0, 0.1) is 11.8 Å². The summed E-state index contributed by atoms with van der Waals surface area (Å²) in [6.45, 7) is 2.28. The zero-order valence-corrected chi connectivity index (χ0v) is 13.4. The molecule has 2 unspecified atom stereocenters. The number of aliphatic carboxylic acids is 1. The van der Waals surface area contributed by atoms with Crippen molar-refractivity contribution in [2.24, 2.45) is 11.8 Å². The number of hydrogen-bond acceptors (Lipinski definition) is 3. The van der Waals surface area contributed by atoms with Gasteiger partial charge < -0.3 is 5.11 Å². The van der Waals surface area contributed by atoms with Gasteiger partial charge in [-0.25, -0.2) is 8.42 Å². The average Bonchev–Trinajstić information content (AvgIpc) is 2.38. The molecule has 1 N–H and O–H groups in total. The SMILES string of the molecule is CC1CC(C(=O)O)CN(S(=O)(=O)c2ccc(Br)cc2)C1. The highest BCUT2D eigenvalue weighted by Crippen LogP contribution is 2.27. The van der Waals surface area contributed by atoms with Crippen LogP contribution in [-0.2, 0) is 14.8 Å². The molecule has 2 rings (SSSR count). The molecule has 1 aromatic carbocycles. The summed E-state index contributed by atoms with van der Waals surface area (Å²) in [5.74, 6) is -1.54. The van der Waals surface area contributed by atoms with Crippen molar-refractivity contribution in [1.29, 1.82) is 0 Å². The second kappa shape index (κ2) is 5.83. The monoisotopic (exact) mass is 361 g/mol. The first kappa shape index (κ1) is 15.5. The first-order valence-corrected chi connectivity index (χ1v) is 8.52. The fourth-order valence-electron chi connectivity index (χ4n) is 2.43. The topological polar surface area (TPSA) is 74.7 Å². The largest absolute Gasteiger partial charge is 0.481 e. The molecule has 0 spiro atoms. The molecular formula is C13H16BrNO4S. The van der Waals surface area contributed by atoms with Crippen LogP contribution in [0.2, 0.25) is 0 Å². The highest BCUT2D eigenvalue weighted by Gasteiger charge is 2.36. The zero-order chi connectivity index (χ0) is 14.9. The highest BCUT2D eigenvalue weighted by atomic mass is 79.9. The summed E-state index contributed by atoms with van der Waals surface area (Å²) in [4.78, 5) is 11.3. The van der Waals surface area contributed by atoms with E-state index >= 15 is 0 Å². The molecule has 7 heteroatoms. The van der Waals surface area contributed by atoms with E-state index in [-0.39, 0.29) is 17.4 Å². The Morgan fingerprint density at radius 1 is 1.30 bits per heavy atom. The lowest BCUT2D eigenvalue weighted by Gasteiger charge is -2.33. The molecule has 0 bridgehead atoms. The Bertz CT molecular complexity index is 599. The Labute approximate surface area is 126 Å². The number of carboxylic acids is 1. The standard InChI is InChI=1S/C13H16BrNO4S/c1-9-6-10(13(16)17)8-15(7-9)20(18,19)12-4-2-11(14)3-5-12/h2-5,9-10H,6-8H2,1H3,(H,16,17). The lowest BCUT2D eigenvalue weighted by Crippen LogP contribution is -2.45. The third-order valence-electron chi connectivity index (χ3n) is 3.43. The van der Waals surface area contributed by atoms with Crippen molar-refractivity contribution in [3.05, 3.63) is 28.7 Å². The second-order valence-electron chi connectivity index (χ2n) is 5.15. The highest BCUT2D eigenvalue weighted by molar-refractivity contribution is 9.10.